The van der Waals surface area contributed by atoms with Crippen LogP contribution in [0.5, 0.6) is 5.75 Å². The molecule has 9 heteroatoms. The zero-order valence-corrected chi connectivity index (χ0v) is 17.6. The molecular weight excluding hydrogens is 474 g/mol. The van der Waals surface area contributed by atoms with Crippen LogP contribution in [0.1, 0.15) is 13.3 Å². The minimum atomic E-state index is -0.346. The highest BCUT2D eigenvalue weighted by molar-refractivity contribution is 9.10. The molecule has 0 bridgehead atoms. The predicted molar refractivity (Wildman–Crippen MR) is 108 cm³/mol. The van der Waals surface area contributed by atoms with Crippen molar-refractivity contribution in [1.82, 2.24) is 4.57 Å². The minimum absolute atomic E-state index is 0. The van der Waals surface area contributed by atoms with E-state index in [1.54, 1.807) is 22.8 Å². The number of amides is 1. The zero-order chi connectivity index (χ0) is 17.1. The van der Waals surface area contributed by atoms with Gasteiger partial charge < -0.3 is 10.1 Å². The number of ether oxygens (including phenoxy) is 1. The average molecular weight is 491 g/mol. The first kappa shape index (κ1) is 19.9. The highest BCUT2D eigenvalue weighted by atomic mass is 79.9. The molecule has 0 unspecified atom stereocenters. The number of nitrogens with zero attached hydrogens (tertiary/aromatic N) is 2. The molecule has 2 heterocycles. The first-order valence-corrected chi connectivity index (χ1v) is 9.18. The number of nitrogens with one attached hydrogen (secondary N) is 1. The largest absolute Gasteiger partial charge is 0.492 e. The molecule has 1 aromatic heterocycles. The minimum Gasteiger partial charge on any atom is -0.492 e. The number of halogens is 2. The number of aromatic nitrogens is 1. The molecule has 0 radical (unpaired) electrons. The third-order valence-corrected chi connectivity index (χ3v) is 5.05. The molecule has 0 spiro atoms. The average Bonchev–Trinajstić information content (AvgIpc) is 3.11. The topological polar surface area (TPSA) is 72.7 Å². The summed E-state index contributed by atoms with van der Waals surface area (Å²) in [6.45, 7) is 3.89. The Morgan fingerprint density at radius 1 is 1.52 bits per heavy atom. The third kappa shape index (κ3) is 4.59. The molecule has 1 N–H and O–H groups in total. The Morgan fingerprint density at radius 3 is 3.00 bits per heavy atom. The Bertz CT molecular complexity index is 953. The Labute approximate surface area is 167 Å². The molecule has 0 atom stereocenters. The second-order valence-electron chi connectivity index (χ2n) is 5.21. The van der Waals surface area contributed by atoms with Crippen LogP contribution in [0.25, 0.3) is 6.08 Å². The molecular formula is C16H17Br2N3O3S. The predicted octanol–water partition coefficient (Wildman–Crippen LogP) is 2.09. The number of hydrogen-bond donors (Lipinski definition) is 1. The summed E-state index contributed by atoms with van der Waals surface area (Å²) in [5, 5.41) is 2.75. The normalized spacial score (nSPS) is 13.0. The molecule has 0 fully saturated rings. The number of rotatable bonds is 5. The molecule has 1 aliphatic rings. The van der Waals surface area contributed by atoms with Crippen LogP contribution >= 0.6 is 44.2 Å². The number of fused-ring (bicyclic) bond motifs is 1. The van der Waals surface area contributed by atoms with Crippen molar-refractivity contribution in [3.8, 4) is 5.75 Å². The second kappa shape index (κ2) is 8.77. The zero-order valence-electron chi connectivity index (χ0n) is 13.5. The number of thiazole rings is 1. The van der Waals surface area contributed by atoms with Gasteiger partial charge in [-0.15, -0.1) is 17.0 Å². The van der Waals surface area contributed by atoms with E-state index >= 15 is 0 Å². The van der Waals surface area contributed by atoms with Crippen LogP contribution in [0.4, 0.5) is 5.69 Å². The summed E-state index contributed by atoms with van der Waals surface area (Å²) in [5.74, 6) is 0.384. The maximum Gasteiger partial charge on any atom is 0.270 e. The van der Waals surface area contributed by atoms with Gasteiger partial charge in [0.15, 0.2) is 4.80 Å². The SMILES string of the molecule is Br.CCCOc1ccc(NC(=O)/C=c2\sc3n(c2=O)CCN=3)cc1Br. The van der Waals surface area contributed by atoms with E-state index in [1.165, 1.54) is 17.4 Å². The molecule has 0 saturated heterocycles. The Kier molecular flexibility index (Phi) is 6.97. The maximum atomic E-state index is 12.1. The van der Waals surface area contributed by atoms with Crippen LogP contribution in [0, 0.1) is 0 Å². The Balaban J connectivity index is 0.00000225. The van der Waals surface area contributed by atoms with Crippen molar-refractivity contribution in [2.45, 2.75) is 19.9 Å². The summed E-state index contributed by atoms with van der Waals surface area (Å²) in [5.41, 5.74) is 0.469. The maximum absolute atomic E-state index is 12.1. The van der Waals surface area contributed by atoms with Gasteiger partial charge in [0.25, 0.3) is 5.56 Å². The van der Waals surface area contributed by atoms with Crippen molar-refractivity contribution in [2.75, 3.05) is 18.5 Å². The lowest BCUT2D eigenvalue weighted by Gasteiger charge is -2.09. The molecule has 1 aliphatic heterocycles. The number of carbonyl (C=O) groups is 1. The van der Waals surface area contributed by atoms with Gasteiger partial charge in [0.1, 0.15) is 10.3 Å². The van der Waals surface area contributed by atoms with Crippen LogP contribution in [-0.4, -0.2) is 23.6 Å². The van der Waals surface area contributed by atoms with Gasteiger partial charge in [0.05, 0.1) is 17.6 Å². The fourth-order valence-corrected chi connectivity index (χ4v) is 3.77. The lowest BCUT2D eigenvalue weighted by molar-refractivity contribution is -0.110. The van der Waals surface area contributed by atoms with E-state index in [9.17, 15) is 9.59 Å². The molecule has 134 valence electrons. The van der Waals surface area contributed by atoms with Crippen LogP contribution in [0.2, 0.25) is 0 Å². The summed E-state index contributed by atoms with van der Waals surface area (Å²) in [6, 6.07) is 5.33. The van der Waals surface area contributed by atoms with E-state index in [0.717, 1.165) is 16.6 Å². The molecule has 2 aromatic rings. The number of anilines is 1. The monoisotopic (exact) mass is 489 g/mol. The van der Waals surface area contributed by atoms with E-state index in [4.69, 9.17) is 4.74 Å². The van der Waals surface area contributed by atoms with Crippen molar-refractivity contribution >= 4 is 61.9 Å². The smallest absolute Gasteiger partial charge is 0.270 e. The summed E-state index contributed by atoms with van der Waals surface area (Å²) < 4.78 is 8.33. The van der Waals surface area contributed by atoms with Gasteiger partial charge in [-0.05, 0) is 40.5 Å². The van der Waals surface area contributed by atoms with Crippen molar-refractivity contribution in [1.29, 1.82) is 0 Å². The molecule has 1 amide bonds. The van der Waals surface area contributed by atoms with Crippen molar-refractivity contribution in [3.63, 3.8) is 0 Å². The number of benzene rings is 1. The van der Waals surface area contributed by atoms with E-state index in [2.05, 4.69) is 26.2 Å². The van der Waals surface area contributed by atoms with Gasteiger partial charge in [-0.3, -0.25) is 19.1 Å². The summed E-state index contributed by atoms with van der Waals surface area (Å²) in [6.07, 6.45) is 2.25. The molecule has 0 aliphatic carbocycles. The third-order valence-electron chi connectivity index (χ3n) is 3.38. The van der Waals surface area contributed by atoms with E-state index in [0.29, 0.717) is 34.7 Å². The highest BCUT2D eigenvalue weighted by Crippen LogP contribution is 2.28. The van der Waals surface area contributed by atoms with Crippen LogP contribution in [0.15, 0.2) is 32.5 Å². The Hall–Kier alpha value is -1.45. The van der Waals surface area contributed by atoms with Crippen LogP contribution < -0.4 is 24.9 Å². The summed E-state index contributed by atoms with van der Waals surface area (Å²) in [4.78, 5) is 29.2. The van der Waals surface area contributed by atoms with Crippen LogP contribution in [0.3, 0.4) is 0 Å². The fraction of sp³-hybridized carbons (Fsp3) is 0.312. The quantitative estimate of drug-likeness (QED) is 0.697. The van der Waals surface area contributed by atoms with E-state index in [-0.39, 0.29) is 28.4 Å². The number of hydrogen-bond acceptors (Lipinski definition) is 5. The van der Waals surface area contributed by atoms with Crippen molar-refractivity contribution < 1.29 is 9.53 Å². The molecule has 3 rings (SSSR count). The first-order chi connectivity index (χ1) is 11.6. The molecule has 0 saturated carbocycles. The Morgan fingerprint density at radius 2 is 2.32 bits per heavy atom. The fourth-order valence-electron chi connectivity index (χ4n) is 2.27. The van der Waals surface area contributed by atoms with Gasteiger partial charge in [0, 0.05) is 18.3 Å². The summed E-state index contributed by atoms with van der Waals surface area (Å²) >= 11 is 4.67. The highest BCUT2D eigenvalue weighted by Gasteiger charge is 2.11. The first-order valence-electron chi connectivity index (χ1n) is 7.57. The van der Waals surface area contributed by atoms with Gasteiger partial charge in [-0.25, -0.2) is 0 Å². The summed E-state index contributed by atoms with van der Waals surface area (Å²) in [7, 11) is 0. The van der Waals surface area contributed by atoms with Gasteiger partial charge >= 0.3 is 0 Å². The van der Waals surface area contributed by atoms with Crippen LogP contribution in [-0.2, 0) is 11.3 Å². The lowest BCUT2D eigenvalue weighted by atomic mass is 10.3. The van der Waals surface area contributed by atoms with E-state index in [1.807, 2.05) is 6.92 Å². The molecule has 6 nitrogen and oxygen atoms in total. The van der Waals surface area contributed by atoms with Gasteiger partial charge in [0.2, 0.25) is 5.91 Å². The van der Waals surface area contributed by atoms with Gasteiger partial charge in [-0.1, -0.05) is 18.3 Å². The van der Waals surface area contributed by atoms with Gasteiger partial charge in [-0.2, -0.15) is 0 Å². The second-order valence-corrected chi connectivity index (χ2v) is 7.08. The molecule has 25 heavy (non-hydrogen) atoms. The van der Waals surface area contributed by atoms with Crippen molar-refractivity contribution in [2.24, 2.45) is 4.99 Å². The number of carbonyl (C=O) groups excluding carboxylic acids is 1. The van der Waals surface area contributed by atoms with Crippen molar-refractivity contribution in [3.05, 3.63) is 42.4 Å². The lowest BCUT2D eigenvalue weighted by Crippen LogP contribution is -2.30. The molecule has 1 aromatic carbocycles. The van der Waals surface area contributed by atoms with E-state index < -0.39 is 0 Å². The standard InChI is InChI=1S/C16H16BrN3O3S.BrH/c1-2-7-23-12-4-3-10(8-11(12)17)19-14(21)9-13-15(22)20-6-5-18-16(20)24-13;/h3-4,8-9H,2,5-7H2,1H3,(H,19,21);1H/b13-9-;.